The Kier molecular flexibility index (Phi) is 2.41. The first-order valence-corrected chi connectivity index (χ1v) is 6.65. The minimum Gasteiger partial charge on any atom is -0.347 e. The van der Waals surface area contributed by atoms with Crippen molar-refractivity contribution in [3.8, 4) is 0 Å². The second-order valence-corrected chi connectivity index (χ2v) is 5.84. The van der Waals surface area contributed by atoms with Crippen LogP contribution < -0.4 is 0 Å². The Balaban J connectivity index is 2.00. The molecule has 0 radical (unpaired) electrons. The third-order valence-corrected chi connectivity index (χ3v) is 4.84. The Hall–Kier alpha value is -0.340. The molecule has 1 heterocycles. The van der Waals surface area contributed by atoms with Gasteiger partial charge in [0.25, 0.3) is 0 Å². The molecule has 2 aliphatic carbocycles. The van der Waals surface area contributed by atoms with Crippen molar-refractivity contribution in [1.82, 2.24) is 0 Å². The van der Waals surface area contributed by atoms with Crippen molar-refractivity contribution in [2.75, 3.05) is 13.2 Å². The van der Waals surface area contributed by atoms with Crippen molar-refractivity contribution in [2.45, 2.75) is 51.7 Å². The molecule has 0 unspecified atom stereocenters. The number of hydrogen-bond acceptors (Lipinski definition) is 2. The van der Waals surface area contributed by atoms with Gasteiger partial charge in [0.1, 0.15) is 0 Å². The van der Waals surface area contributed by atoms with Gasteiger partial charge >= 0.3 is 0 Å². The Morgan fingerprint density at radius 1 is 1.25 bits per heavy atom. The molecule has 0 aromatic heterocycles. The molecule has 1 saturated heterocycles. The van der Waals surface area contributed by atoms with E-state index in [1.165, 1.54) is 25.7 Å². The standard InChI is InChI=1S/C14H22O2/c1-11-5-7-13(2)12(10-11)4-3-6-14(13)15-8-9-16-14/h10-11H,3-9H2,1-2H3/t11-,13-/m0/s1. The van der Waals surface area contributed by atoms with Crippen LogP contribution in [0.1, 0.15) is 46.0 Å². The maximum atomic E-state index is 6.03. The minimum absolute atomic E-state index is 0.147. The van der Waals surface area contributed by atoms with Crippen LogP contribution in [0.25, 0.3) is 0 Å². The van der Waals surface area contributed by atoms with Crippen LogP contribution in [0.2, 0.25) is 0 Å². The first-order valence-electron chi connectivity index (χ1n) is 6.65. The topological polar surface area (TPSA) is 18.5 Å². The fourth-order valence-corrected chi connectivity index (χ4v) is 3.79. The Morgan fingerprint density at radius 2 is 2.00 bits per heavy atom. The van der Waals surface area contributed by atoms with E-state index < -0.39 is 0 Å². The fourth-order valence-electron chi connectivity index (χ4n) is 3.79. The summed E-state index contributed by atoms with van der Waals surface area (Å²) in [6.07, 6.45) is 8.52. The molecule has 0 aromatic rings. The molecule has 1 aliphatic heterocycles. The van der Waals surface area contributed by atoms with Crippen LogP contribution >= 0.6 is 0 Å². The number of allylic oxidation sites excluding steroid dienone is 1. The van der Waals surface area contributed by atoms with E-state index in [4.69, 9.17) is 9.47 Å². The maximum Gasteiger partial charge on any atom is 0.177 e. The lowest BCUT2D eigenvalue weighted by molar-refractivity contribution is -0.238. The first kappa shape index (κ1) is 10.8. The highest BCUT2D eigenvalue weighted by Gasteiger charge is 2.56. The molecule has 1 spiro atoms. The molecule has 3 rings (SSSR count). The second-order valence-electron chi connectivity index (χ2n) is 5.84. The van der Waals surface area contributed by atoms with Gasteiger partial charge in [-0.15, -0.1) is 0 Å². The highest BCUT2D eigenvalue weighted by molar-refractivity contribution is 5.25. The Labute approximate surface area is 98.0 Å². The van der Waals surface area contributed by atoms with Crippen molar-refractivity contribution in [1.29, 1.82) is 0 Å². The molecule has 0 amide bonds. The van der Waals surface area contributed by atoms with Gasteiger partial charge in [0.05, 0.1) is 13.2 Å². The molecule has 16 heavy (non-hydrogen) atoms. The van der Waals surface area contributed by atoms with Crippen LogP contribution in [-0.4, -0.2) is 19.0 Å². The summed E-state index contributed by atoms with van der Waals surface area (Å²) in [5, 5.41) is 0. The van der Waals surface area contributed by atoms with Crippen molar-refractivity contribution >= 4 is 0 Å². The molecule has 0 N–H and O–H groups in total. The lowest BCUT2D eigenvalue weighted by Gasteiger charge is -2.52. The number of hydrogen-bond donors (Lipinski definition) is 0. The molecule has 90 valence electrons. The predicted molar refractivity (Wildman–Crippen MR) is 63.1 cm³/mol. The normalized spacial score (nSPS) is 41.9. The Bertz CT molecular complexity index is 315. The van der Waals surface area contributed by atoms with Crippen molar-refractivity contribution in [3.63, 3.8) is 0 Å². The van der Waals surface area contributed by atoms with Gasteiger partial charge in [0.15, 0.2) is 5.79 Å². The molecule has 1 saturated carbocycles. The predicted octanol–water partition coefficient (Wildman–Crippen LogP) is 3.28. The summed E-state index contributed by atoms with van der Waals surface area (Å²) >= 11 is 0. The maximum absolute atomic E-state index is 6.03. The van der Waals surface area contributed by atoms with Crippen LogP contribution in [0.4, 0.5) is 0 Å². The van der Waals surface area contributed by atoms with Crippen LogP contribution in [-0.2, 0) is 9.47 Å². The summed E-state index contributed by atoms with van der Waals surface area (Å²) in [5.74, 6) is 0.455. The average molecular weight is 222 g/mol. The number of ether oxygens (including phenoxy) is 2. The van der Waals surface area contributed by atoms with Gasteiger partial charge in [-0.05, 0) is 31.6 Å². The van der Waals surface area contributed by atoms with E-state index in [9.17, 15) is 0 Å². The van der Waals surface area contributed by atoms with Gasteiger partial charge in [-0.25, -0.2) is 0 Å². The summed E-state index contributed by atoms with van der Waals surface area (Å²) in [6.45, 7) is 6.23. The van der Waals surface area contributed by atoms with Gasteiger partial charge in [0.2, 0.25) is 0 Å². The van der Waals surface area contributed by atoms with Gasteiger partial charge in [-0.3, -0.25) is 0 Å². The smallest absolute Gasteiger partial charge is 0.177 e. The van der Waals surface area contributed by atoms with Crippen LogP contribution in [0, 0.1) is 11.3 Å². The van der Waals surface area contributed by atoms with E-state index in [2.05, 4.69) is 19.9 Å². The van der Waals surface area contributed by atoms with Gasteiger partial charge in [-0.2, -0.15) is 0 Å². The minimum atomic E-state index is -0.281. The van der Waals surface area contributed by atoms with E-state index in [1.807, 2.05) is 0 Å². The molecule has 2 heteroatoms. The lowest BCUT2D eigenvalue weighted by Crippen LogP contribution is -2.52. The molecule has 2 nitrogen and oxygen atoms in total. The molecule has 3 aliphatic rings. The number of rotatable bonds is 0. The van der Waals surface area contributed by atoms with E-state index in [-0.39, 0.29) is 11.2 Å². The number of fused-ring (bicyclic) bond motifs is 2. The van der Waals surface area contributed by atoms with Crippen LogP contribution in [0.5, 0.6) is 0 Å². The zero-order valence-corrected chi connectivity index (χ0v) is 10.4. The molecule has 2 fully saturated rings. The highest BCUT2D eigenvalue weighted by Crippen LogP contribution is 2.56. The second kappa shape index (κ2) is 3.58. The van der Waals surface area contributed by atoms with E-state index in [1.54, 1.807) is 5.57 Å². The third-order valence-electron chi connectivity index (χ3n) is 4.84. The zero-order chi connectivity index (χ0) is 11.2. The van der Waals surface area contributed by atoms with E-state index in [0.29, 0.717) is 0 Å². The molecular weight excluding hydrogens is 200 g/mol. The fraction of sp³-hybridized carbons (Fsp3) is 0.857. The lowest BCUT2D eigenvalue weighted by atomic mass is 9.61. The van der Waals surface area contributed by atoms with Crippen LogP contribution in [0.3, 0.4) is 0 Å². The largest absolute Gasteiger partial charge is 0.347 e. The van der Waals surface area contributed by atoms with Gasteiger partial charge in [-0.1, -0.05) is 25.5 Å². The molecule has 0 bridgehead atoms. The van der Waals surface area contributed by atoms with Crippen LogP contribution in [0.15, 0.2) is 11.6 Å². The highest BCUT2D eigenvalue weighted by atomic mass is 16.7. The van der Waals surface area contributed by atoms with E-state index in [0.717, 1.165) is 25.6 Å². The van der Waals surface area contributed by atoms with E-state index >= 15 is 0 Å². The third kappa shape index (κ3) is 1.32. The quantitative estimate of drug-likeness (QED) is 0.586. The molecular formula is C14H22O2. The first-order chi connectivity index (χ1) is 7.66. The summed E-state index contributed by atoms with van der Waals surface area (Å²) in [7, 11) is 0. The average Bonchev–Trinajstić information content (AvgIpc) is 2.72. The summed E-state index contributed by atoms with van der Waals surface area (Å²) in [6, 6.07) is 0. The van der Waals surface area contributed by atoms with Crippen molar-refractivity contribution in [2.24, 2.45) is 11.3 Å². The summed E-state index contributed by atoms with van der Waals surface area (Å²) < 4.78 is 12.1. The van der Waals surface area contributed by atoms with Gasteiger partial charge < -0.3 is 9.47 Å². The van der Waals surface area contributed by atoms with Crippen molar-refractivity contribution in [3.05, 3.63) is 11.6 Å². The Morgan fingerprint density at radius 3 is 2.75 bits per heavy atom. The van der Waals surface area contributed by atoms with Crippen molar-refractivity contribution < 1.29 is 9.47 Å². The zero-order valence-electron chi connectivity index (χ0n) is 10.4. The summed E-state index contributed by atoms with van der Waals surface area (Å²) in [5.41, 5.74) is 1.74. The summed E-state index contributed by atoms with van der Waals surface area (Å²) in [4.78, 5) is 0. The van der Waals surface area contributed by atoms with Gasteiger partial charge in [0, 0.05) is 11.8 Å². The molecule has 0 aromatic carbocycles. The SMILES string of the molecule is C[C@@H]1C=C2CCCC3(OCCO3)[C@@]2(C)CC1. The molecule has 2 atom stereocenters. The monoisotopic (exact) mass is 222 g/mol.